The van der Waals surface area contributed by atoms with Crippen LogP contribution >= 0.6 is 0 Å². The number of rotatable bonds is 14. The van der Waals surface area contributed by atoms with Crippen molar-refractivity contribution in [2.45, 2.75) is 72.0 Å². The number of H-pyrrole nitrogens is 1. The van der Waals surface area contributed by atoms with Gasteiger partial charge in [0.1, 0.15) is 17.2 Å². The Hall–Kier alpha value is -4.18. The molecule has 1 aliphatic heterocycles. The van der Waals surface area contributed by atoms with Gasteiger partial charge in [-0.3, -0.25) is 9.59 Å². The number of nitrogens with one attached hydrogen (secondary N) is 1. The molecule has 10 heteroatoms. The van der Waals surface area contributed by atoms with Crippen molar-refractivity contribution >= 4 is 28.6 Å². The number of pyridine rings is 1. The van der Waals surface area contributed by atoms with E-state index >= 15 is 0 Å². The van der Waals surface area contributed by atoms with Crippen molar-refractivity contribution in [2.24, 2.45) is 0 Å². The summed E-state index contributed by atoms with van der Waals surface area (Å²) in [5.74, 6) is -2.56. The number of hydrogen-bond acceptors (Lipinski definition) is 9. The van der Waals surface area contributed by atoms with E-state index < -0.39 is 17.7 Å². The molecule has 0 bridgehead atoms. The standard InChI is InChI=1S/C33H39NO9/c1-5-11-21-13-9-14-23-27(36)20-33(43-30(21)23,32(38)40-8-4)42-18-10-17-41-28-16-15-22-26(35)19-25(31(37)39-7-3)34-29(22)24(28)12-6-2/h9,13-16,19H,5-8,10-12,17-18,20H2,1-4H3,(H,34,35). The highest BCUT2D eigenvalue weighted by Gasteiger charge is 2.50. The summed E-state index contributed by atoms with van der Waals surface area (Å²) in [7, 11) is 0. The summed E-state index contributed by atoms with van der Waals surface area (Å²) in [5.41, 5.74) is 2.36. The molecule has 0 fully saturated rings. The summed E-state index contributed by atoms with van der Waals surface area (Å²) in [6.07, 6.45) is 2.97. The van der Waals surface area contributed by atoms with Crippen LogP contribution in [-0.4, -0.2) is 54.9 Å². The SMILES string of the molecule is CCCc1cccc2c1OC(OCCCOc1ccc3c(=O)cc(C(=O)OCC)[nH]c3c1CCC)(C(=O)OCC)CC2=O. The van der Waals surface area contributed by atoms with Crippen LogP contribution < -0.4 is 14.9 Å². The van der Waals surface area contributed by atoms with Crippen LogP contribution in [0.5, 0.6) is 11.5 Å². The topological polar surface area (TPSA) is 130 Å². The number of carbonyl (C=O) groups is 3. The van der Waals surface area contributed by atoms with Crippen molar-refractivity contribution in [3.8, 4) is 11.5 Å². The molecule has 0 amide bonds. The second-order valence-corrected chi connectivity index (χ2v) is 10.3. The summed E-state index contributed by atoms with van der Waals surface area (Å²) in [4.78, 5) is 54.4. The number of carbonyl (C=O) groups excluding carboxylic acids is 3. The molecule has 1 N–H and O–H groups in total. The second kappa shape index (κ2) is 14.3. The summed E-state index contributed by atoms with van der Waals surface area (Å²) < 4.78 is 28.6. The van der Waals surface area contributed by atoms with Gasteiger partial charge in [-0.25, -0.2) is 9.59 Å². The molecular formula is C33H39NO9. The molecule has 0 spiro atoms. The number of ketones is 1. The van der Waals surface area contributed by atoms with Crippen molar-refractivity contribution in [3.05, 3.63) is 69.0 Å². The number of ether oxygens (including phenoxy) is 5. The van der Waals surface area contributed by atoms with Crippen LogP contribution in [0.1, 0.15) is 85.4 Å². The van der Waals surface area contributed by atoms with Gasteiger partial charge in [0.15, 0.2) is 11.2 Å². The Balaban J connectivity index is 1.51. The van der Waals surface area contributed by atoms with Gasteiger partial charge < -0.3 is 28.7 Å². The summed E-state index contributed by atoms with van der Waals surface area (Å²) in [6, 6.07) is 10.0. The molecule has 1 aromatic heterocycles. The van der Waals surface area contributed by atoms with E-state index in [1.165, 1.54) is 6.07 Å². The van der Waals surface area contributed by atoms with E-state index in [9.17, 15) is 19.2 Å². The van der Waals surface area contributed by atoms with Crippen LogP contribution in [-0.2, 0) is 31.8 Å². The maximum Gasteiger partial charge on any atom is 0.380 e. The largest absolute Gasteiger partial charge is 0.493 e. The second-order valence-electron chi connectivity index (χ2n) is 10.3. The van der Waals surface area contributed by atoms with E-state index in [2.05, 4.69) is 4.98 Å². The van der Waals surface area contributed by atoms with Gasteiger partial charge in [-0.1, -0.05) is 38.8 Å². The van der Waals surface area contributed by atoms with Gasteiger partial charge in [-0.2, -0.15) is 0 Å². The number of aromatic amines is 1. The number of para-hydroxylation sites is 1. The minimum atomic E-state index is -1.89. The van der Waals surface area contributed by atoms with E-state index in [4.69, 9.17) is 23.7 Å². The van der Waals surface area contributed by atoms with Crippen LogP contribution in [0.2, 0.25) is 0 Å². The molecule has 1 atom stereocenters. The molecule has 2 aromatic carbocycles. The molecule has 10 nitrogen and oxygen atoms in total. The van der Waals surface area contributed by atoms with Gasteiger partial charge in [-0.05, 0) is 50.5 Å². The van der Waals surface area contributed by atoms with Crippen molar-refractivity contribution in [2.75, 3.05) is 26.4 Å². The normalized spacial score (nSPS) is 16.0. The molecule has 0 radical (unpaired) electrons. The maximum atomic E-state index is 13.1. The minimum Gasteiger partial charge on any atom is -0.493 e. The highest BCUT2D eigenvalue weighted by atomic mass is 16.7. The zero-order valence-corrected chi connectivity index (χ0v) is 25.2. The predicted octanol–water partition coefficient (Wildman–Crippen LogP) is 5.32. The Kier molecular flexibility index (Phi) is 10.6. The van der Waals surface area contributed by atoms with Gasteiger partial charge >= 0.3 is 17.7 Å². The van der Waals surface area contributed by atoms with Gasteiger partial charge in [0, 0.05) is 23.4 Å². The van der Waals surface area contributed by atoms with Crippen molar-refractivity contribution in [1.29, 1.82) is 0 Å². The average Bonchev–Trinajstić information content (AvgIpc) is 2.98. The number of hydrogen-bond donors (Lipinski definition) is 1. The number of aromatic nitrogens is 1. The molecule has 230 valence electrons. The first-order valence-corrected chi connectivity index (χ1v) is 14.9. The third-order valence-electron chi connectivity index (χ3n) is 7.11. The van der Waals surface area contributed by atoms with Gasteiger partial charge in [0.05, 0.1) is 43.9 Å². The molecule has 3 aromatic rings. The number of fused-ring (bicyclic) bond motifs is 2. The number of benzene rings is 2. The fourth-order valence-corrected chi connectivity index (χ4v) is 5.18. The average molecular weight is 594 g/mol. The third-order valence-corrected chi connectivity index (χ3v) is 7.11. The van der Waals surface area contributed by atoms with Gasteiger partial charge in [0.2, 0.25) is 0 Å². The Morgan fingerprint density at radius 2 is 1.72 bits per heavy atom. The highest BCUT2D eigenvalue weighted by Crippen LogP contribution is 2.38. The lowest BCUT2D eigenvalue weighted by Crippen LogP contribution is -2.52. The fourth-order valence-electron chi connectivity index (χ4n) is 5.18. The fraction of sp³-hybridized carbons (Fsp3) is 0.455. The number of esters is 2. The van der Waals surface area contributed by atoms with Crippen molar-refractivity contribution in [1.82, 2.24) is 4.98 Å². The summed E-state index contributed by atoms with van der Waals surface area (Å²) >= 11 is 0. The lowest BCUT2D eigenvalue weighted by Gasteiger charge is -2.36. The first kappa shape index (κ1) is 31.7. The highest BCUT2D eigenvalue weighted by molar-refractivity contribution is 6.03. The minimum absolute atomic E-state index is 0.0535. The Bertz CT molecular complexity index is 1540. The molecule has 0 aliphatic carbocycles. The van der Waals surface area contributed by atoms with E-state index in [-0.39, 0.29) is 49.8 Å². The predicted molar refractivity (Wildman–Crippen MR) is 160 cm³/mol. The van der Waals surface area contributed by atoms with E-state index in [1.807, 2.05) is 26.0 Å². The van der Waals surface area contributed by atoms with Crippen molar-refractivity contribution in [3.63, 3.8) is 0 Å². The first-order chi connectivity index (χ1) is 20.8. The zero-order chi connectivity index (χ0) is 31.0. The summed E-state index contributed by atoms with van der Waals surface area (Å²) in [5, 5.41) is 0.449. The number of Topliss-reactive ketones (excluding diaryl/α,β-unsaturated/α-hetero) is 1. The Morgan fingerprint density at radius 1 is 0.953 bits per heavy atom. The molecular weight excluding hydrogens is 554 g/mol. The molecule has 2 heterocycles. The molecule has 0 saturated heterocycles. The smallest absolute Gasteiger partial charge is 0.380 e. The molecule has 43 heavy (non-hydrogen) atoms. The van der Waals surface area contributed by atoms with E-state index in [1.54, 1.807) is 32.0 Å². The molecule has 1 unspecified atom stereocenters. The molecule has 1 aliphatic rings. The summed E-state index contributed by atoms with van der Waals surface area (Å²) in [6.45, 7) is 7.98. The third kappa shape index (κ3) is 6.91. The van der Waals surface area contributed by atoms with Gasteiger partial charge in [0.25, 0.3) is 0 Å². The Labute approximate surface area is 250 Å². The van der Waals surface area contributed by atoms with E-state index in [0.717, 1.165) is 24.0 Å². The quantitative estimate of drug-likeness (QED) is 0.195. The van der Waals surface area contributed by atoms with Crippen LogP contribution in [0.3, 0.4) is 0 Å². The lowest BCUT2D eigenvalue weighted by atomic mass is 9.94. The van der Waals surface area contributed by atoms with E-state index in [0.29, 0.717) is 47.2 Å². The van der Waals surface area contributed by atoms with Crippen LogP contribution in [0.25, 0.3) is 10.9 Å². The van der Waals surface area contributed by atoms with Crippen molar-refractivity contribution < 1.29 is 38.1 Å². The number of aryl methyl sites for hydroxylation is 2. The van der Waals surface area contributed by atoms with Crippen LogP contribution in [0.4, 0.5) is 0 Å². The lowest BCUT2D eigenvalue weighted by molar-refractivity contribution is -0.218. The Morgan fingerprint density at radius 3 is 2.44 bits per heavy atom. The monoisotopic (exact) mass is 593 g/mol. The zero-order valence-electron chi connectivity index (χ0n) is 25.2. The molecule has 0 saturated carbocycles. The van der Waals surface area contributed by atoms with Crippen LogP contribution in [0.15, 0.2) is 41.2 Å². The maximum absolute atomic E-state index is 13.1. The van der Waals surface area contributed by atoms with Gasteiger partial charge in [-0.15, -0.1) is 0 Å². The first-order valence-electron chi connectivity index (χ1n) is 14.9. The van der Waals surface area contributed by atoms with Crippen LogP contribution in [0, 0.1) is 0 Å². The molecule has 4 rings (SSSR count).